The van der Waals surface area contributed by atoms with Crippen LogP contribution in [-0.4, -0.2) is 69.8 Å². The number of methoxy groups -OCH3 is 1. The molecule has 0 saturated carbocycles. The molecule has 10 heteroatoms. The summed E-state index contributed by atoms with van der Waals surface area (Å²) in [6.07, 6.45) is 5.29. The average Bonchev–Trinajstić information content (AvgIpc) is 3.58. The van der Waals surface area contributed by atoms with Gasteiger partial charge < -0.3 is 19.9 Å². The van der Waals surface area contributed by atoms with Crippen LogP contribution in [0, 0.1) is 0 Å². The van der Waals surface area contributed by atoms with Crippen molar-refractivity contribution in [1.29, 1.82) is 0 Å². The van der Waals surface area contributed by atoms with Crippen LogP contribution in [0.4, 0.5) is 0 Å². The Hall–Kier alpha value is -3.14. The van der Waals surface area contributed by atoms with Gasteiger partial charge in [-0.05, 0) is 49.4 Å². The molecule has 2 N–H and O–H groups in total. The Morgan fingerprint density at radius 2 is 2.05 bits per heavy atom. The number of nitrogens with zero attached hydrogens (tertiary/aromatic N) is 4. The second-order valence-corrected chi connectivity index (χ2v) is 10.2. The number of likely N-dealkylation sites (tertiary alicyclic amines) is 1. The van der Waals surface area contributed by atoms with Crippen molar-refractivity contribution in [3.8, 4) is 11.5 Å². The van der Waals surface area contributed by atoms with E-state index in [0.717, 1.165) is 44.6 Å². The quantitative estimate of drug-likeness (QED) is 0.325. The Kier molecular flexibility index (Phi) is 10.2. The zero-order chi connectivity index (χ0) is 27.8. The fourth-order valence-corrected chi connectivity index (χ4v) is 5.42. The van der Waals surface area contributed by atoms with Crippen molar-refractivity contribution in [3.05, 3.63) is 70.0 Å². The Labute approximate surface area is 235 Å². The van der Waals surface area contributed by atoms with Crippen molar-refractivity contribution in [1.82, 2.24) is 25.2 Å². The lowest BCUT2D eigenvalue weighted by atomic mass is 10.0. The van der Waals surface area contributed by atoms with Gasteiger partial charge in [-0.2, -0.15) is 0 Å². The van der Waals surface area contributed by atoms with E-state index in [-0.39, 0.29) is 29.2 Å². The molecular weight excluding hydrogens is 518 g/mol. The van der Waals surface area contributed by atoms with Crippen LogP contribution in [0.15, 0.2) is 42.6 Å². The summed E-state index contributed by atoms with van der Waals surface area (Å²) in [6, 6.07) is 12.2. The first-order valence-corrected chi connectivity index (χ1v) is 14.0. The van der Waals surface area contributed by atoms with Crippen molar-refractivity contribution in [2.75, 3.05) is 26.7 Å². The van der Waals surface area contributed by atoms with Gasteiger partial charge in [0.2, 0.25) is 0 Å². The van der Waals surface area contributed by atoms with Crippen molar-refractivity contribution >= 4 is 17.5 Å². The van der Waals surface area contributed by atoms with E-state index in [0.29, 0.717) is 30.2 Å². The predicted molar refractivity (Wildman–Crippen MR) is 150 cm³/mol. The maximum absolute atomic E-state index is 13.1. The molecule has 1 aliphatic rings. The summed E-state index contributed by atoms with van der Waals surface area (Å²) in [4.78, 5) is 15.4. The molecule has 1 saturated heterocycles. The highest BCUT2D eigenvalue weighted by molar-refractivity contribution is 6.33. The molecule has 0 unspecified atom stereocenters. The van der Waals surface area contributed by atoms with Gasteiger partial charge in [-0.25, -0.2) is 0 Å². The molecule has 2 atom stereocenters. The van der Waals surface area contributed by atoms with Crippen LogP contribution >= 0.6 is 11.6 Å². The van der Waals surface area contributed by atoms with Crippen molar-refractivity contribution in [2.45, 2.75) is 64.8 Å². The molecule has 0 spiro atoms. The van der Waals surface area contributed by atoms with Crippen LogP contribution in [0.5, 0.6) is 11.5 Å². The first kappa shape index (κ1) is 28.9. The number of aromatic nitrogens is 3. The summed E-state index contributed by atoms with van der Waals surface area (Å²) in [6.45, 7) is 7.22. The predicted octanol–water partition coefficient (Wildman–Crippen LogP) is 4.25. The second-order valence-electron chi connectivity index (χ2n) is 9.81. The van der Waals surface area contributed by atoms with E-state index in [4.69, 9.17) is 21.1 Å². The molecule has 1 fully saturated rings. The molecule has 0 radical (unpaired) electrons. The number of ether oxygens (including phenoxy) is 2. The number of rotatable bonds is 13. The van der Waals surface area contributed by atoms with E-state index in [9.17, 15) is 9.90 Å². The first-order valence-electron chi connectivity index (χ1n) is 13.6. The number of carbonyl (C=O) groups is 1. The number of nitrogens with one attached hydrogen (secondary N) is 1. The Balaban J connectivity index is 1.27. The monoisotopic (exact) mass is 555 g/mol. The van der Waals surface area contributed by atoms with Gasteiger partial charge in [0.15, 0.2) is 5.75 Å². The number of hydrogen-bond acceptors (Lipinski definition) is 7. The highest BCUT2D eigenvalue weighted by Gasteiger charge is 2.33. The van der Waals surface area contributed by atoms with E-state index in [1.165, 1.54) is 12.7 Å². The molecule has 1 aromatic heterocycles. The minimum atomic E-state index is -0.411. The topological polar surface area (TPSA) is 102 Å². The first-order chi connectivity index (χ1) is 18.9. The van der Waals surface area contributed by atoms with Gasteiger partial charge in [0.05, 0.1) is 31.0 Å². The zero-order valence-electron chi connectivity index (χ0n) is 22.9. The summed E-state index contributed by atoms with van der Waals surface area (Å²) >= 11 is 6.31. The minimum absolute atomic E-state index is 0.0240. The lowest BCUT2D eigenvalue weighted by Crippen LogP contribution is -2.40. The summed E-state index contributed by atoms with van der Waals surface area (Å²) in [5.41, 5.74) is 2.80. The normalized spacial score (nSPS) is 17.4. The summed E-state index contributed by atoms with van der Waals surface area (Å²) in [7, 11) is 1.43. The third-order valence-electron chi connectivity index (χ3n) is 7.24. The van der Waals surface area contributed by atoms with E-state index in [1.807, 2.05) is 23.9 Å². The fraction of sp³-hybridized carbons (Fsp3) is 0.483. The van der Waals surface area contributed by atoms with Gasteiger partial charge in [0.25, 0.3) is 5.91 Å². The number of aromatic hydroxyl groups is 1. The van der Waals surface area contributed by atoms with Crippen LogP contribution in [0.1, 0.15) is 53.9 Å². The number of phenols is 1. The standard InChI is InChI=1S/C29H38ClN5O4/c1-4-21-14-25(30)28(38-3)26(27(21)36)29(37)31-16-23-15-24(18-34(23)5-2)39-19-22-17-35(33-32-22)13-9-12-20-10-7-6-8-11-20/h6-8,10-11,14,17,23-24,36H,4-5,9,12-13,15-16,18-19H2,1-3H3,(H,31,37)/t23-,24+/m0/s1. The molecule has 210 valence electrons. The highest BCUT2D eigenvalue weighted by atomic mass is 35.5. The third kappa shape index (κ3) is 7.29. The van der Waals surface area contributed by atoms with E-state index in [2.05, 4.69) is 51.7 Å². The van der Waals surface area contributed by atoms with Crippen LogP contribution in [0.3, 0.4) is 0 Å². The van der Waals surface area contributed by atoms with Crippen LogP contribution in [0.25, 0.3) is 0 Å². The van der Waals surface area contributed by atoms with Gasteiger partial charge in [-0.15, -0.1) is 5.10 Å². The van der Waals surface area contributed by atoms with E-state index in [1.54, 1.807) is 6.07 Å². The minimum Gasteiger partial charge on any atom is -0.507 e. The molecule has 0 bridgehead atoms. The van der Waals surface area contributed by atoms with Gasteiger partial charge in [-0.1, -0.05) is 61.0 Å². The molecule has 9 nitrogen and oxygen atoms in total. The summed E-state index contributed by atoms with van der Waals surface area (Å²) in [5, 5.41) is 22.4. The second kappa shape index (κ2) is 13.8. The molecule has 39 heavy (non-hydrogen) atoms. The Morgan fingerprint density at radius 1 is 1.26 bits per heavy atom. The van der Waals surface area contributed by atoms with Crippen molar-refractivity contribution in [2.24, 2.45) is 0 Å². The largest absolute Gasteiger partial charge is 0.507 e. The number of likely N-dealkylation sites (N-methyl/N-ethyl adjacent to an activating group) is 1. The SMILES string of the molecule is CCc1cc(Cl)c(OC)c(C(=O)NC[C@@H]2C[C@@H](OCc3cn(CCCc4ccccc4)nn3)CN2CC)c1O. The zero-order valence-corrected chi connectivity index (χ0v) is 23.7. The van der Waals surface area contributed by atoms with Crippen LogP contribution in [0.2, 0.25) is 5.02 Å². The summed E-state index contributed by atoms with van der Waals surface area (Å²) < 4.78 is 13.4. The molecule has 2 aromatic carbocycles. The number of carbonyl (C=O) groups excluding carboxylic acids is 1. The number of phenolic OH excluding ortho intramolecular Hbond substituents is 1. The molecular formula is C29H38ClN5O4. The Bertz CT molecular complexity index is 1240. The van der Waals surface area contributed by atoms with Crippen molar-refractivity contribution in [3.63, 3.8) is 0 Å². The smallest absolute Gasteiger partial charge is 0.258 e. The lowest BCUT2D eigenvalue weighted by molar-refractivity contribution is 0.0450. The van der Waals surface area contributed by atoms with Crippen LogP contribution < -0.4 is 10.1 Å². The van der Waals surface area contributed by atoms with Gasteiger partial charge in [0, 0.05) is 25.7 Å². The molecule has 0 aliphatic carbocycles. The number of amides is 1. The fourth-order valence-electron chi connectivity index (χ4n) is 5.12. The Morgan fingerprint density at radius 3 is 2.77 bits per heavy atom. The van der Waals surface area contributed by atoms with E-state index < -0.39 is 5.91 Å². The van der Waals surface area contributed by atoms with Gasteiger partial charge in [0.1, 0.15) is 17.0 Å². The maximum atomic E-state index is 13.1. The number of aryl methyl sites for hydroxylation is 3. The average molecular weight is 556 g/mol. The maximum Gasteiger partial charge on any atom is 0.258 e. The van der Waals surface area contributed by atoms with E-state index >= 15 is 0 Å². The third-order valence-corrected chi connectivity index (χ3v) is 7.52. The summed E-state index contributed by atoms with van der Waals surface area (Å²) in [5.74, 6) is -0.327. The lowest BCUT2D eigenvalue weighted by Gasteiger charge is -2.23. The van der Waals surface area contributed by atoms with Crippen LogP contribution in [-0.2, 0) is 30.7 Å². The molecule has 1 amide bonds. The molecule has 4 rings (SSSR count). The number of hydrogen-bond donors (Lipinski definition) is 2. The number of halogens is 1. The van der Waals surface area contributed by atoms with Crippen molar-refractivity contribution < 1.29 is 19.4 Å². The highest BCUT2D eigenvalue weighted by Crippen LogP contribution is 2.38. The van der Waals surface area contributed by atoms with Gasteiger partial charge >= 0.3 is 0 Å². The number of benzene rings is 2. The molecule has 3 aromatic rings. The van der Waals surface area contributed by atoms with Gasteiger partial charge in [-0.3, -0.25) is 14.4 Å². The molecule has 1 aliphatic heterocycles. The molecule has 2 heterocycles.